The lowest BCUT2D eigenvalue weighted by Gasteiger charge is -2.31. The number of ketones is 3. The molecule has 0 spiro atoms. The smallest absolute Gasteiger partial charge is 0.206 e. The standard InChI is InChI=1S/C29H35ClFN3O4S/c1-16(2)12-19(26(37)20-14-21(30)27-24(20)23(36)15-38-27)13-22(35)17-4-6-18(7-5-17)25-28(31)39-29(32-25)34-10-8-33(3)9-11-34/h4-7,16,19-21,24,27H,8-15H2,1-3H3/t19-,20?,21-,24-,27-/m1/s1. The molecule has 2 aromatic rings. The van der Waals surface area contributed by atoms with Crippen molar-refractivity contribution in [3.05, 3.63) is 35.0 Å². The molecule has 10 heteroatoms. The first-order chi connectivity index (χ1) is 18.6. The zero-order valence-electron chi connectivity index (χ0n) is 22.6. The summed E-state index contributed by atoms with van der Waals surface area (Å²) in [6.45, 7) is 7.47. The third-order valence-corrected chi connectivity index (χ3v) is 9.53. The van der Waals surface area contributed by atoms with E-state index in [0.29, 0.717) is 29.1 Å². The molecule has 1 saturated carbocycles. The van der Waals surface area contributed by atoms with E-state index in [2.05, 4.69) is 21.8 Å². The molecule has 0 N–H and O–H groups in total. The van der Waals surface area contributed by atoms with E-state index in [9.17, 15) is 18.8 Å². The number of fused-ring (bicyclic) bond motifs is 1. The highest BCUT2D eigenvalue weighted by molar-refractivity contribution is 7.14. The minimum Gasteiger partial charge on any atom is -0.368 e. The van der Waals surface area contributed by atoms with Crippen LogP contribution in [0.4, 0.5) is 9.52 Å². The van der Waals surface area contributed by atoms with E-state index >= 15 is 0 Å². The zero-order chi connectivity index (χ0) is 27.8. The molecule has 1 unspecified atom stereocenters. The molecule has 2 aliphatic heterocycles. The highest BCUT2D eigenvalue weighted by Gasteiger charge is 2.54. The highest BCUT2D eigenvalue weighted by atomic mass is 35.5. The second-order valence-corrected chi connectivity index (χ2v) is 13.0. The first kappa shape index (κ1) is 28.3. The Morgan fingerprint density at radius 3 is 2.54 bits per heavy atom. The molecule has 1 aromatic heterocycles. The molecule has 39 heavy (non-hydrogen) atoms. The summed E-state index contributed by atoms with van der Waals surface area (Å²) in [4.78, 5) is 48.3. The molecule has 2 saturated heterocycles. The van der Waals surface area contributed by atoms with Crippen molar-refractivity contribution in [3.63, 3.8) is 0 Å². The quantitative estimate of drug-likeness (QED) is 0.316. The number of ether oxygens (including phenoxy) is 1. The Morgan fingerprint density at radius 2 is 1.87 bits per heavy atom. The normalized spacial score (nSPS) is 26.3. The number of anilines is 1. The van der Waals surface area contributed by atoms with Crippen LogP contribution in [0.1, 0.15) is 43.5 Å². The van der Waals surface area contributed by atoms with Gasteiger partial charge < -0.3 is 14.5 Å². The molecule has 3 aliphatic rings. The van der Waals surface area contributed by atoms with Crippen LogP contribution in [0.2, 0.25) is 0 Å². The number of hydrogen-bond acceptors (Lipinski definition) is 8. The van der Waals surface area contributed by atoms with E-state index in [1.807, 2.05) is 13.8 Å². The average molecular weight is 576 g/mol. The van der Waals surface area contributed by atoms with Crippen molar-refractivity contribution in [2.24, 2.45) is 23.7 Å². The lowest BCUT2D eigenvalue weighted by atomic mass is 9.78. The monoisotopic (exact) mass is 575 g/mol. The Balaban J connectivity index is 1.28. The van der Waals surface area contributed by atoms with Crippen molar-refractivity contribution >= 4 is 45.4 Å². The maximum absolute atomic E-state index is 14.8. The Bertz CT molecular complexity index is 1230. The molecular weight excluding hydrogens is 541 g/mol. The molecule has 7 nitrogen and oxygen atoms in total. The van der Waals surface area contributed by atoms with E-state index in [4.69, 9.17) is 16.3 Å². The van der Waals surface area contributed by atoms with Gasteiger partial charge in [-0.15, -0.1) is 11.6 Å². The van der Waals surface area contributed by atoms with Crippen LogP contribution in [0, 0.1) is 28.8 Å². The number of carbonyl (C=O) groups excluding carboxylic acids is 3. The molecule has 0 amide bonds. The van der Waals surface area contributed by atoms with Gasteiger partial charge >= 0.3 is 0 Å². The summed E-state index contributed by atoms with van der Waals surface area (Å²) in [6.07, 6.45) is 0.593. The van der Waals surface area contributed by atoms with Gasteiger partial charge in [0, 0.05) is 55.6 Å². The van der Waals surface area contributed by atoms with Gasteiger partial charge in [-0.3, -0.25) is 14.4 Å². The zero-order valence-corrected chi connectivity index (χ0v) is 24.1. The van der Waals surface area contributed by atoms with Gasteiger partial charge in [-0.1, -0.05) is 49.4 Å². The Kier molecular flexibility index (Phi) is 8.52. The number of alkyl halides is 1. The maximum Gasteiger partial charge on any atom is 0.206 e. The van der Waals surface area contributed by atoms with E-state index in [0.717, 1.165) is 37.5 Å². The largest absolute Gasteiger partial charge is 0.368 e. The van der Waals surface area contributed by atoms with Crippen LogP contribution in [-0.2, 0) is 14.3 Å². The van der Waals surface area contributed by atoms with Crippen LogP contribution < -0.4 is 4.90 Å². The van der Waals surface area contributed by atoms with Gasteiger partial charge in [0.15, 0.2) is 16.7 Å². The number of hydrogen-bond donors (Lipinski definition) is 0. The number of benzene rings is 1. The summed E-state index contributed by atoms with van der Waals surface area (Å²) in [5.41, 5.74) is 1.37. The highest BCUT2D eigenvalue weighted by Crippen LogP contribution is 2.44. The second-order valence-electron chi connectivity index (χ2n) is 11.5. The van der Waals surface area contributed by atoms with Crippen LogP contribution >= 0.6 is 22.9 Å². The van der Waals surface area contributed by atoms with Crippen LogP contribution in [0.15, 0.2) is 24.3 Å². The molecule has 1 aliphatic carbocycles. The van der Waals surface area contributed by atoms with Gasteiger partial charge in [-0.2, -0.15) is 4.39 Å². The van der Waals surface area contributed by atoms with E-state index in [-0.39, 0.29) is 52.5 Å². The topological polar surface area (TPSA) is 79.8 Å². The predicted octanol–water partition coefficient (Wildman–Crippen LogP) is 4.72. The number of rotatable bonds is 9. The number of nitrogens with zero attached hydrogens (tertiary/aromatic N) is 3. The summed E-state index contributed by atoms with van der Waals surface area (Å²) in [7, 11) is 2.07. The predicted molar refractivity (Wildman–Crippen MR) is 150 cm³/mol. The molecular formula is C29H35ClFN3O4S. The van der Waals surface area contributed by atoms with Gasteiger partial charge in [0.1, 0.15) is 18.1 Å². The van der Waals surface area contributed by atoms with Crippen molar-refractivity contribution in [2.75, 3.05) is 44.7 Å². The Hall–Kier alpha value is -2.20. The lowest BCUT2D eigenvalue weighted by Crippen LogP contribution is -2.44. The van der Waals surface area contributed by atoms with Crippen molar-refractivity contribution in [2.45, 2.75) is 44.6 Å². The number of piperazine rings is 1. The van der Waals surface area contributed by atoms with Crippen molar-refractivity contribution in [1.82, 2.24) is 9.88 Å². The summed E-state index contributed by atoms with van der Waals surface area (Å²) >= 11 is 7.47. The van der Waals surface area contributed by atoms with Gasteiger partial charge in [-0.25, -0.2) is 4.98 Å². The fourth-order valence-electron chi connectivity index (χ4n) is 6.09. The third-order valence-electron chi connectivity index (χ3n) is 8.20. The average Bonchev–Trinajstić information content (AvgIpc) is 3.58. The van der Waals surface area contributed by atoms with Gasteiger partial charge in [0.2, 0.25) is 5.13 Å². The molecule has 3 heterocycles. The molecule has 210 valence electrons. The van der Waals surface area contributed by atoms with Crippen molar-refractivity contribution in [3.8, 4) is 11.3 Å². The summed E-state index contributed by atoms with van der Waals surface area (Å²) < 4.78 is 20.4. The molecule has 0 radical (unpaired) electrons. The van der Waals surface area contributed by atoms with Crippen molar-refractivity contribution in [1.29, 1.82) is 0 Å². The number of carbonyl (C=O) groups is 3. The molecule has 1 aromatic carbocycles. The fourth-order valence-corrected chi connectivity index (χ4v) is 7.38. The van der Waals surface area contributed by atoms with Crippen molar-refractivity contribution < 1.29 is 23.5 Å². The van der Waals surface area contributed by atoms with Crippen LogP contribution in [-0.4, -0.2) is 78.5 Å². The number of halogens is 2. The summed E-state index contributed by atoms with van der Waals surface area (Å²) in [5, 5.41) is -0.0463. The molecule has 3 fully saturated rings. The Morgan fingerprint density at radius 1 is 1.18 bits per heavy atom. The minimum atomic E-state index is -0.507. The molecule has 0 bridgehead atoms. The van der Waals surface area contributed by atoms with E-state index in [1.54, 1.807) is 24.3 Å². The van der Waals surface area contributed by atoms with Gasteiger partial charge in [0.25, 0.3) is 0 Å². The minimum absolute atomic E-state index is 0.00108. The Labute approximate surface area is 237 Å². The number of aromatic nitrogens is 1. The number of thiazole rings is 1. The van der Waals surface area contributed by atoms with Crippen LogP contribution in [0.3, 0.4) is 0 Å². The van der Waals surface area contributed by atoms with E-state index < -0.39 is 23.9 Å². The lowest BCUT2D eigenvalue weighted by molar-refractivity contribution is -0.132. The first-order valence-corrected chi connectivity index (χ1v) is 14.9. The van der Waals surface area contributed by atoms with Gasteiger partial charge in [-0.05, 0) is 25.8 Å². The summed E-state index contributed by atoms with van der Waals surface area (Å²) in [5.74, 6) is -1.59. The second kappa shape index (κ2) is 11.7. The van der Waals surface area contributed by atoms with Gasteiger partial charge in [0.05, 0.1) is 17.4 Å². The number of likely N-dealkylation sites (N-methyl/N-ethyl adjacent to an activating group) is 1. The fraction of sp³-hybridized carbons (Fsp3) is 0.586. The number of Topliss-reactive ketones (excluding diaryl/α,β-unsaturated/α-hetero) is 3. The molecule has 5 atom stereocenters. The summed E-state index contributed by atoms with van der Waals surface area (Å²) in [6, 6.07) is 6.79. The van der Waals surface area contributed by atoms with Crippen LogP contribution in [0.25, 0.3) is 11.3 Å². The molecule has 5 rings (SSSR count). The first-order valence-electron chi connectivity index (χ1n) is 13.7. The SMILES string of the molecule is CC(C)C[C@H](CC(=O)c1ccc(-c2nc(N3CCN(C)CC3)sc2F)cc1)C(=O)C1C[C@@H](Cl)[C@H]2OCC(=O)[C@@H]12. The van der Waals surface area contributed by atoms with E-state index in [1.165, 1.54) is 0 Å². The van der Waals surface area contributed by atoms with Crippen LogP contribution in [0.5, 0.6) is 0 Å². The third kappa shape index (κ3) is 5.97. The maximum atomic E-state index is 14.8.